The molecule has 10 rings (SSSR count). The second kappa shape index (κ2) is 27.0. The summed E-state index contributed by atoms with van der Waals surface area (Å²) in [6.07, 6.45) is 10.4. The van der Waals surface area contributed by atoms with Gasteiger partial charge in [-0.05, 0) is 69.7 Å². The van der Waals surface area contributed by atoms with Crippen molar-refractivity contribution in [1.82, 2.24) is 45.4 Å². The molecule has 5 heterocycles. The molecule has 446 valence electrons. The van der Waals surface area contributed by atoms with Gasteiger partial charge in [-0.2, -0.15) is 10.2 Å². The molecule has 2 aromatic carbocycles. The highest BCUT2D eigenvalue weighted by Crippen LogP contribution is 2.70. The molecule has 0 bridgehead atoms. The monoisotopic (exact) mass is 1170 g/mol. The molecular weight excluding hydrogens is 1090 g/mol. The number of nitrogens with zero attached hydrogens (tertiary/aromatic N) is 6. The minimum Gasteiger partial charge on any atom is -0.491 e. The van der Waals surface area contributed by atoms with E-state index in [2.05, 4.69) is 31.2 Å². The van der Waals surface area contributed by atoms with Gasteiger partial charge in [-0.25, -0.2) is 13.8 Å². The lowest BCUT2D eigenvalue weighted by Gasteiger charge is -2.43. The van der Waals surface area contributed by atoms with E-state index in [0.717, 1.165) is 55.5 Å². The van der Waals surface area contributed by atoms with Crippen LogP contribution in [-0.4, -0.2) is 168 Å². The number of aromatic amines is 1. The van der Waals surface area contributed by atoms with Crippen molar-refractivity contribution in [3.63, 3.8) is 0 Å². The van der Waals surface area contributed by atoms with E-state index in [-0.39, 0.29) is 85.6 Å². The highest BCUT2D eigenvalue weighted by atomic mass is 32.1. The summed E-state index contributed by atoms with van der Waals surface area (Å²) in [5.41, 5.74) is 2.38. The quantitative estimate of drug-likeness (QED) is 0.0284. The molecule has 2 aliphatic heterocycles. The van der Waals surface area contributed by atoms with Crippen molar-refractivity contribution < 1.29 is 56.4 Å². The number of alkyl halides is 2. The largest absolute Gasteiger partial charge is 0.491 e. The number of carbonyl (C=O) groups is 5. The number of amides is 4. The van der Waals surface area contributed by atoms with E-state index >= 15 is 0 Å². The van der Waals surface area contributed by atoms with Crippen LogP contribution in [0, 0.1) is 23.2 Å². The Labute approximate surface area is 486 Å². The Morgan fingerprint density at radius 1 is 0.855 bits per heavy atom. The highest BCUT2D eigenvalue weighted by Gasteiger charge is 2.78. The molecule has 23 heteroatoms. The first-order valence-electron chi connectivity index (χ1n) is 29.2. The molecule has 5 aliphatic rings. The summed E-state index contributed by atoms with van der Waals surface area (Å²) in [5, 5.41) is 23.0. The summed E-state index contributed by atoms with van der Waals surface area (Å²) in [4.78, 5) is 75.8. The number of hydrogen-bond donors (Lipinski definition) is 4. The molecule has 4 amide bonds. The number of ketones is 1. The Kier molecular flexibility index (Phi) is 19.4. The molecule has 4 N–H and O–H groups in total. The fourth-order valence-corrected chi connectivity index (χ4v) is 13.1. The van der Waals surface area contributed by atoms with E-state index in [1.54, 1.807) is 72.5 Å². The normalized spacial score (nSPS) is 21.3. The third-order valence-corrected chi connectivity index (χ3v) is 18.2. The average Bonchev–Trinajstić information content (AvgIpc) is 1.57. The first-order chi connectivity index (χ1) is 40.2. The van der Waals surface area contributed by atoms with Crippen molar-refractivity contribution in [3.8, 4) is 5.75 Å². The molecule has 3 aliphatic carbocycles. The molecule has 0 spiro atoms. The van der Waals surface area contributed by atoms with Crippen LogP contribution in [0.4, 0.5) is 14.5 Å². The van der Waals surface area contributed by atoms with Gasteiger partial charge in [-0.15, -0.1) is 11.3 Å². The highest BCUT2D eigenvalue weighted by molar-refractivity contribution is 7.10. The van der Waals surface area contributed by atoms with Gasteiger partial charge in [0, 0.05) is 71.7 Å². The van der Waals surface area contributed by atoms with Crippen LogP contribution in [0.1, 0.15) is 126 Å². The number of halogens is 2. The summed E-state index contributed by atoms with van der Waals surface area (Å²) in [6, 6.07) is 15.4. The second-order valence-corrected chi connectivity index (χ2v) is 23.5. The number of ether oxygens (including phenoxy) is 5. The number of rotatable bonds is 29. The topological polar surface area (TPSA) is 233 Å². The molecule has 83 heavy (non-hydrogen) atoms. The number of benzene rings is 2. The summed E-state index contributed by atoms with van der Waals surface area (Å²) in [6.45, 7) is 8.01. The third-order valence-electron chi connectivity index (χ3n) is 17.3. The van der Waals surface area contributed by atoms with Crippen molar-refractivity contribution in [1.29, 1.82) is 0 Å². The Hall–Kier alpha value is -6.50. The number of nitrogens with one attached hydrogen (secondary N) is 4. The molecule has 4 fully saturated rings. The number of likely N-dealkylation sites (N-methyl/N-ethyl adjacent to an activating group) is 1. The van der Waals surface area contributed by atoms with Gasteiger partial charge in [0.2, 0.25) is 23.5 Å². The molecule has 0 radical (unpaired) electrons. The Balaban J connectivity index is 0.567. The van der Waals surface area contributed by atoms with Gasteiger partial charge < -0.3 is 49.4 Å². The maximum absolute atomic E-state index is 14.5. The van der Waals surface area contributed by atoms with Gasteiger partial charge >= 0.3 is 0 Å². The Bertz CT molecular complexity index is 3040. The summed E-state index contributed by atoms with van der Waals surface area (Å²) < 4.78 is 59.3. The van der Waals surface area contributed by atoms with Gasteiger partial charge in [0.15, 0.2) is 5.69 Å². The van der Waals surface area contributed by atoms with Crippen molar-refractivity contribution >= 4 is 46.4 Å². The van der Waals surface area contributed by atoms with E-state index in [9.17, 15) is 32.8 Å². The van der Waals surface area contributed by atoms with E-state index in [1.165, 1.54) is 11.3 Å². The predicted octanol–water partition coefficient (Wildman–Crippen LogP) is 6.84. The van der Waals surface area contributed by atoms with Crippen molar-refractivity contribution in [3.05, 3.63) is 111 Å². The number of aromatic nitrogens is 5. The lowest BCUT2D eigenvalue weighted by molar-refractivity contribution is -0.140. The van der Waals surface area contributed by atoms with Crippen LogP contribution in [0.2, 0.25) is 0 Å². The minimum atomic E-state index is -2.76. The van der Waals surface area contributed by atoms with Crippen LogP contribution < -0.4 is 20.7 Å². The molecule has 5 aromatic rings. The third kappa shape index (κ3) is 13.7. The summed E-state index contributed by atoms with van der Waals surface area (Å²) in [5.74, 6) is -3.86. The minimum absolute atomic E-state index is 0.00810. The number of likely N-dealkylation sites (tertiary alicyclic amines) is 2. The second-order valence-electron chi connectivity index (χ2n) is 22.6. The van der Waals surface area contributed by atoms with Crippen LogP contribution in [0.15, 0.2) is 72.4 Å². The van der Waals surface area contributed by atoms with E-state index < -0.39 is 35.2 Å². The van der Waals surface area contributed by atoms with Crippen LogP contribution in [0.3, 0.4) is 0 Å². The van der Waals surface area contributed by atoms with E-state index in [1.807, 2.05) is 35.2 Å². The smallest absolute Gasteiger partial charge is 0.276 e. The SMILES string of the molecule is CN[C@@H](C)C(=O)N[C@H](C(=O)N1CCC[C@H]1c1nc(C(=O)c2cccc(OCCOCCOCCOCCOCCC(=O)N3CC([C@@H](c4ccccc4)n4cc(NC(=O)c5n[nH]c6c5CC5C(F)(F)C5(C)C6)cn4)C3)c2)cs1)C1CCCCC1. The number of fused-ring (bicyclic) bond motifs is 2. The summed E-state index contributed by atoms with van der Waals surface area (Å²) in [7, 11) is 1.73. The lowest BCUT2D eigenvalue weighted by atomic mass is 9.83. The van der Waals surface area contributed by atoms with Crippen molar-refractivity contribution in [2.45, 2.75) is 108 Å². The maximum atomic E-state index is 14.5. The average molecular weight is 1170 g/mol. The summed E-state index contributed by atoms with van der Waals surface area (Å²) >= 11 is 1.38. The standard InChI is InChI=1S/C60H76F2N10O10S/c1-38(63-3)55(75)67-51(39-12-6-4-7-13-39)58(77)71-20-11-18-48(71)57-66-47(37-83-57)54(74)41-16-10-17-44(30-41)82-29-28-81-27-26-80-25-24-79-23-22-78-21-19-50(73)70-34-42(35-70)53(40-14-8-5-9-15-40)72-36-43(33-64-72)65-56(76)52-45-31-49-59(2,60(49,61)62)32-46(45)68-69-52/h5,8-10,14-17,30,33,36-39,42,48-49,51,53,63H,4,6-7,11-13,18-29,31-32,34-35H2,1-3H3,(H,65,76)(H,67,75)(H,68,69)/t38-,48-,49?,51-,53+,59?/m0/s1. The van der Waals surface area contributed by atoms with Gasteiger partial charge in [0.1, 0.15) is 29.1 Å². The number of H-pyrrole nitrogens is 1. The number of carbonyl (C=O) groups excluding carboxylic acids is 5. The maximum Gasteiger partial charge on any atom is 0.276 e. The lowest BCUT2D eigenvalue weighted by Crippen LogP contribution is -2.55. The van der Waals surface area contributed by atoms with Gasteiger partial charge in [0.25, 0.3) is 11.8 Å². The number of hydrogen-bond acceptors (Lipinski definition) is 15. The molecule has 2 saturated heterocycles. The molecule has 6 atom stereocenters. The fraction of sp³-hybridized carbons (Fsp3) is 0.567. The van der Waals surface area contributed by atoms with Crippen molar-refractivity contribution in [2.75, 3.05) is 91.5 Å². The molecule has 2 saturated carbocycles. The zero-order chi connectivity index (χ0) is 58.1. The Morgan fingerprint density at radius 3 is 2.29 bits per heavy atom. The van der Waals surface area contributed by atoms with Crippen LogP contribution in [0.5, 0.6) is 5.75 Å². The van der Waals surface area contributed by atoms with Crippen LogP contribution >= 0.6 is 11.3 Å². The van der Waals surface area contributed by atoms with Gasteiger partial charge in [0.05, 0.1) is 89.3 Å². The van der Waals surface area contributed by atoms with Crippen molar-refractivity contribution in [2.24, 2.45) is 23.2 Å². The van der Waals surface area contributed by atoms with Gasteiger partial charge in [-0.1, -0.05) is 68.7 Å². The van der Waals surface area contributed by atoms with Gasteiger partial charge in [-0.3, -0.25) is 33.8 Å². The molecule has 20 nitrogen and oxygen atoms in total. The molecular formula is C60H76F2N10O10S. The van der Waals surface area contributed by atoms with E-state index in [0.29, 0.717) is 99.8 Å². The Morgan fingerprint density at radius 2 is 1.57 bits per heavy atom. The zero-order valence-corrected chi connectivity index (χ0v) is 48.3. The molecule has 2 unspecified atom stereocenters. The first kappa shape index (κ1) is 59.7. The van der Waals surface area contributed by atoms with Crippen LogP contribution in [0.25, 0.3) is 0 Å². The first-order valence-corrected chi connectivity index (χ1v) is 30.1. The predicted molar refractivity (Wildman–Crippen MR) is 303 cm³/mol. The molecule has 3 aromatic heterocycles. The number of thiazole rings is 1. The van der Waals surface area contributed by atoms with Crippen LogP contribution in [-0.2, 0) is 46.2 Å². The number of anilines is 1. The van der Waals surface area contributed by atoms with E-state index in [4.69, 9.17) is 28.7 Å². The zero-order valence-electron chi connectivity index (χ0n) is 47.5. The fourth-order valence-electron chi connectivity index (χ4n) is 12.2.